The topological polar surface area (TPSA) is 80.5 Å². The number of anilines is 1. The molecule has 0 aliphatic rings. The van der Waals surface area contributed by atoms with Crippen molar-refractivity contribution >= 4 is 23.2 Å². The van der Waals surface area contributed by atoms with Crippen LogP contribution in [0.15, 0.2) is 53.1 Å². The van der Waals surface area contributed by atoms with Crippen molar-refractivity contribution in [1.29, 1.82) is 0 Å². The van der Waals surface area contributed by atoms with Gasteiger partial charge in [0.15, 0.2) is 0 Å². The zero-order valence-corrected chi connectivity index (χ0v) is 15.7. The highest BCUT2D eigenvalue weighted by Crippen LogP contribution is 2.27. The highest BCUT2D eigenvalue weighted by molar-refractivity contribution is 6.31. The standard InChI is InChI=1S/C19H19ClN4O3/c1-24(11-17(25)21-15-10-14(20)8-9-16(15)26-2)12-18-22-19(23-27-18)13-6-4-3-5-7-13/h3-10H,11-12H2,1-2H3,(H,21,25). The molecule has 0 spiro atoms. The number of carbonyl (C=O) groups is 1. The van der Waals surface area contributed by atoms with Gasteiger partial charge in [-0.2, -0.15) is 4.98 Å². The molecular weight excluding hydrogens is 368 g/mol. The second-order valence-corrected chi connectivity index (χ2v) is 6.38. The zero-order valence-electron chi connectivity index (χ0n) is 15.0. The lowest BCUT2D eigenvalue weighted by atomic mass is 10.2. The van der Waals surface area contributed by atoms with Gasteiger partial charge < -0.3 is 14.6 Å². The molecule has 27 heavy (non-hydrogen) atoms. The van der Waals surface area contributed by atoms with E-state index >= 15 is 0 Å². The molecule has 0 radical (unpaired) electrons. The van der Waals surface area contributed by atoms with Gasteiger partial charge in [0.25, 0.3) is 0 Å². The Bertz CT molecular complexity index is 914. The Morgan fingerprint density at radius 1 is 1.26 bits per heavy atom. The van der Waals surface area contributed by atoms with Gasteiger partial charge in [-0.3, -0.25) is 9.69 Å². The summed E-state index contributed by atoms with van der Waals surface area (Å²) in [6, 6.07) is 14.6. The lowest BCUT2D eigenvalue weighted by Crippen LogP contribution is -2.30. The Labute approximate surface area is 161 Å². The second-order valence-electron chi connectivity index (χ2n) is 5.94. The average Bonchev–Trinajstić information content (AvgIpc) is 3.11. The van der Waals surface area contributed by atoms with E-state index in [2.05, 4.69) is 15.5 Å². The SMILES string of the molecule is COc1ccc(Cl)cc1NC(=O)CN(C)Cc1nc(-c2ccccc2)no1. The summed E-state index contributed by atoms with van der Waals surface area (Å²) >= 11 is 5.98. The molecule has 0 saturated heterocycles. The number of ether oxygens (including phenoxy) is 1. The minimum absolute atomic E-state index is 0.138. The summed E-state index contributed by atoms with van der Waals surface area (Å²) in [5.74, 6) is 1.29. The van der Waals surface area contributed by atoms with E-state index in [4.69, 9.17) is 20.9 Å². The van der Waals surface area contributed by atoms with E-state index in [0.717, 1.165) is 5.56 Å². The van der Waals surface area contributed by atoms with Gasteiger partial charge in [-0.1, -0.05) is 47.1 Å². The number of carbonyl (C=O) groups excluding carboxylic acids is 1. The van der Waals surface area contributed by atoms with Crippen molar-refractivity contribution in [1.82, 2.24) is 15.0 Å². The van der Waals surface area contributed by atoms with Gasteiger partial charge in [-0.05, 0) is 25.2 Å². The zero-order chi connectivity index (χ0) is 19.2. The fourth-order valence-electron chi connectivity index (χ4n) is 2.52. The van der Waals surface area contributed by atoms with E-state index in [1.807, 2.05) is 30.3 Å². The molecule has 3 rings (SSSR count). The van der Waals surface area contributed by atoms with E-state index in [1.165, 1.54) is 7.11 Å². The molecule has 0 atom stereocenters. The van der Waals surface area contributed by atoms with Crippen LogP contribution < -0.4 is 10.1 Å². The van der Waals surface area contributed by atoms with Crippen LogP contribution in [0.3, 0.4) is 0 Å². The molecule has 2 aromatic carbocycles. The molecule has 0 unspecified atom stereocenters. The molecule has 3 aromatic rings. The number of nitrogens with zero attached hydrogens (tertiary/aromatic N) is 3. The van der Waals surface area contributed by atoms with Crippen molar-refractivity contribution in [3.63, 3.8) is 0 Å². The first-order chi connectivity index (χ1) is 13.0. The normalized spacial score (nSPS) is 10.8. The van der Waals surface area contributed by atoms with E-state index < -0.39 is 0 Å². The molecule has 0 saturated carbocycles. The van der Waals surface area contributed by atoms with Crippen molar-refractivity contribution in [2.45, 2.75) is 6.54 Å². The van der Waals surface area contributed by atoms with E-state index in [1.54, 1.807) is 30.1 Å². The summed E-state index contributed by atoms with van der Waals surface area (Å²) in [4.78, 5) is 18.4. The molecular formula is C19H19ClN4O3. The van der Waals surface area contributed by atoms with Crippen molar-refractivity contribution in [2.75, 3.05) is 26.0 Å². The number of hydrogen-bond donors (Lipinski definition) is 1. The van der Waals surface area contributed by atoms with Gasteiger partial charge in [0, 0.05) is 10.6 Å². The molecule has 7 nitrogen and oxygen atoms in total. The third-order valence-corrected chi connectivity index (χ3v) is 3.99. The Balaban J connectivity index is 1.58. The number of benzene rings is 2. The van der Waals surface area contributed by atoms with Crippen molar-refractivity contribution < 1.29 is 14.1 Å². The molecule has 140 valence electrons. The molecule has 0 aliphatic carbocycles. The summed E-state index contributed by atoms with van der Waals surface area (Å²) in [7, 11) is 3.33. The van der Waals surface area contributed by atoms with Gasteiger partial charge in [-0.25, -0.2) is 0 Å². The number of methoxy groups -OCH3 is 1. The molecule has 8 heteroatoms. The highest BCUT2D eigenvalue weighted by Gasteiger charge is 2.14. The number of aromatic nitrogens is 2. The van der Waals surface area contributed by atoms with Gasteiger partial charge in [0.1, 0.15) is 5.75 Å². The molecule has 0 fully saturated rings. The van der Waals surface area contributed by atoms with Crippen LogP contribution in [0.4, 0.5) is 5.69 Å². The maximum absolute atomic E-state index is 12.3. The lowest BCUT2D eigenvalue weighted by Gasteiger charge is -2.15. The average molecular weight is 387 g/mol. The quantitative estimate of drug-likeness (QED) is 0.669. The molecule has 1 amide bonds. The van der Waals surface area contributed by atoms with Crippen molar-refractivity contribution in [2.24, 2.45) is 0 Å². The van der Waals surface area contributed by atoms with Gasteiger partial charge in [0.05, 0.1) is 25.9 Å². The maximum atomic E-state index is 12.3. The Hall–Kier alpha value is -2.90. The number of rotatable bonds is 7. The third-order valence-electron chi connectivity index (χ3n) is 3.75. The number of hydrogen-bond acceptors (Lipinski definition) is 6. The molecule has 1 aromatic heterocycles. The van der Waals surface area contributed by atoms with Crippen LogP contribution in [0.5, 0.6) is 5.75 Å². The molecule has 0 bridgehead atoms. The maximum Gasteiger partial charge on any atom is 0.241 e. The first-order valence-corrected chi connectivity index (χ1v) is 8.63. The van der Waals surface area contributed by atoms with Crippen LogP contribution in [0, 0.1) is 0 Å². The van der Waals surface area contributed by atoms with Gasteiger partial charge in [-0.15, -0.1) is 0 Å². The largest absolute Gasteiger partial charge is 0.495 e. The Morgan fingerprint density at radius 3 is 2.78 bits per heavy atom. The smallest absolute Gasteiger partial charge is 0.241 e. The summed E-state index contributed by atoms with van der Waals surface area (Å²) in [6.45, 7) is 0.485. The number of likely N-dealkylation sites (N-methyl/N-ethyl adjacent to an activating group) is 1. The van der Waals surface area contributed by atoms with E-state index in [-0.39, 0.29) is 12.5 Å². The minimum atomic E-state index is -0.208. The van der Waals surface area contributed by atoms with Crippen LogP contribution >= 0.6 is 11.6 Å². The number of amides is 1. The van der Waals surface area contributed by atoms with Crippen LogP contribution in [0.1, 0.15) is 5.89 Å². The van der Waals surface area contributed by atoms with Gasteiger partial charge >= 0.3 is 0 Å². The first-order valence-electron chi connectivity index (χ1n) is 8.25. The van der Waals surface area contributed by atoms with Crippen molar-refractivity contribution in [3.05, 3.63) is 59.4 Å². The van der Waals surface area contributed by atoms with Crippen LogP contribution in [-0.2, 0) is 11.3 Å². The minimum Gasteiger partial charge on any atom is -0.495 e. The summed E-state index contributed by atoms with van der Waals surface area (Å²) in [6.07, 6.45) is 0. The Kier molecular flexibility index (Phi) is 6.05. The monoisotopic (exact) mass is 386 g/mol. The summed E-state index contributed by atoms with van der Waals surface area (Å²) in [5, 5.41) is 7.28. The third kappa shape index (κ3) is 5.06. The number of halogens is 1. The molecule has 1 N–H and O–H groups in total. The summed E-state index contributed by atoms with van der Waals surface area (Å²) < 4.78 is 10.5. The van der Waals surface area contributed by atoms with Crippen LogP contribution in [0.25, 0.3) is 11.4 Å². The summed E-state index contributed by atoms with van der Waals surface area (Å²) in [5.41, 5.74) is 1.40. The highest BCUT2D eigenvalue weighted by atomic mass is 35.5. The molecule has 0 aliphatic heterocycles. The molecule has 1 heterocycles. The van der Waals surface area contributed by atoms with Crippen LogP contribution in [0.2, 0.25) is 5.02 Å². The fourth-order valence-corrected chi connectivity index (χ4v) is 2.70. The first kappa shape index (κ1) is 18.9. The fraction of sp³-hybridized carbons (Fsp3) is 0.211. The van der Waals surface area contributed by atoms with E-state index in [0.29, 0.717) is 34.7 Å². The predicted octanol–water partition coefficient (Wildman–Crippen LogP) is 3.47. The van der Waals surface area contributed by atoms with Gasteiger partial charge in [0.2, 0.25) is 17.6 Å². The second kappa shape index (κ2) is 8.66. The Morgan fingerprint density at radius 2 is 2.04 bits per heavy atom. The number of nitrogens with one attached hydrogen (secondary N) is 1. The lowest BCUT2D eigenvalue weighted by molar-refractivity contribution is -0.117. The van der Waals surface area contributed by atoms with Crippen molar-refractivity contribution in [3.8, 4) is 17.1 Å². The predicted molar refractivity (Wildman–Crippen MR) is 103 cm³/mol. The van der Waals surface area contributed by atoms with Crippen LogP contribution in [-0.4, -0.2) is 41.6 Å². The van der Waals surface area contributed by atoms with E-state index in [9.17, 15) is 4.79 Å².